The van der Waals surface area contributed by atoms with Gasteiger partial charge in [0.05, 0.1) is 0 Å². The van der Waals surface area contributed by atoms with E-state index in [4.69, 9.17) is 0 Å². The summed E-state index contributed by atoms with van der Waals surface area (Å²) in [4.78, 5) is 15.0. The molecular formula is C12H25NO3. The Morgan fingerprint density at radius 3 is 2.31 bits per heavy atom. The molecule has 1 unspecified atom stereocenters. The van der Waals surface area contributed by atoms with Crippen LogP contribution in [0.25, 0.3) is 0 Å². The highest BCUT2D eigenvalue weighted by atomic mass is 17.0. The summed E-state index contributed by atoms with van der Waals surface area (Å²) < 4.78 is 0. The molecule has 4 heteroatoms. The van der Waals surface area contributed by atoms with Gasteiger partial charge in [0.2, 0.25) is 0 Å². The van der Waals surface area contributed by atoms with Gasteiger partial charge in [-0.25, -0.2) is 0 Å². The van der Waals surface area contributed by atoms with E-state index in [9.17, 15) is 10.1 Å². The van der Waals surface area contributed by atoms with Crippen molar-refractivity contribution in [2.24, 2.45) is 11.3 Å². The number of hydrogen-bond acceptors (Lipinski definition) is 3. The zero-order valence-electron chi connectivity index (χ0n) is 11.2. The molecule has 0 aromatic rings. The predicted octanol–water partition coefficient (Wildman–Crippen LogP) is 3.83. The second-order valence-electron chi connectivity index (χ2n) is 5.66. The van der Waals surface area contributed by atoms with Crippen LogP contribution in [0.3, 0.4) is 0 Å². The molecule has 0 N–H and O–H groups in total. The summed E-state index contributed by atoms with van der Waals surface area (Å²) in [5.74, 6) is 0.677. The number of hydrogen-bond donors (Lipinski definition) is 0. The van der Waals surface area contributed by atoms with Crippen LogP contribution >= 0.6 is 0 Å². The van der Waals surface area contributed by atoms with E-state index < -0.39 is 5.09 Å². The molecule has 0 aromatic heterocycles. The molecule has 0 aromatic carbocycles. The van der Waals surface area contributed by atoms with Crippen molar-refractivity contribution in [1.29, 1.82) is 0 Å². The quantitative estimate of drug-likeness (QED) is 0.471. The van der Waals surface area contributed by atoms with E-state index >= 15 is 0 Å². The molecule has 0 heterocycles. The molecule has 0 fully saturated rings. The maximum atomic E-state index is 10.3. The van der Waals surface area contributed by atoms with Gasteiger partial charge >= 0.3 is 0 Å². The van der Waals surface area contributed by atoms with Crippen molar-refractivity contribution in [2.75, 3.05) is 0 Å². The van der Waals surface area contributed by atoms with Crippen molar-refractivity contribution in [1.82, 2.24) is 0 Å². The summed E-state index contributed by atoms with van der Waals surface area (Å²) in [6, 6.07) is 0. The van der Waals surface area contributed by atoms with Gasteiger partial charge in [0.25, 0.3) is 5.09 Å². The van der Waals surface area contributed by atoms with E-state index in [2.05, 4.69) is 32.5 Å². The highest BCUT2D eigenvalue weighted by Gasteiger charge is 2.24. The second kappa shape index (κ2) is 6.71. The Balaban J connectivity index is 4.14. The Kier molecular flexibility index (Phi) is 6.38. The highest BCUT2D eigenvalue weighted by molar-refractivity contribution is 4.73. The topological polar surface area (TPSA) is 52.4 Å². The van der Waals surface area contributed by atoms with Crippen molar-refractivity contribution in [3.05, 3.63) is 10.1 Å². The average molecular weight is 231 g/mol. The molecule has 96 valence electrons. The summed E-state index contributed by atoms with van der Waals surface area (Å²) in [5.41, 5.74) is 0.112. The molecule has 0 rings (SSSR count). The first-order valence-electron chi connectivity index (χ1n) is 6.08. The highest BCUT2D eigenvalue weighted by Crippen LogP contribution is 2.31. The largest absolute Gasteiger partial charge is 0.311 e. The van der Waals surface area contributed by atoms with Crippen molar-refractivity contribution >= 4 is 0 Å². The third-order valence-electron chi connectivity index (χ3n) is 2.87. The normalized spacial score (nSPS) is 13.9. The third-order valence-corrected chi connectivity index (χ3v) is 2.87. The summed E-state index contributed by atoms with van der Waals surface area (Å²) in [5, 5.41) is 9.63. The lowest BCUT2D eigenvalue weighted by Gasteiger charge is -2.28. The maximum absolute atomic E-state index is 10.3. The fourth-order valence-electron chi connectivity index (χ4n) is 1.78. The fraction of sp³-hybridized carbons (Fsp3) is 1.00. The molecule has 0 saturated carbocycles. The molecule has 0 aliphatic carbocycles. The van der Waals surface area contributed by atoms with Crippen LogP contribution in [0.4, 0.5) is 0 Å². The van der Waals surface area contributed by atoms with Gasteiger partial charge in [0.15, 0.2) is 0 Å². The minimum absolute atomic E-state index is 0.112. The monoisotopic (exact) mass is 231 g/mol. The summed E-state index contributed by atoms with van der Waals surface area (Å²) in [6.07, 6.45) is 3.41. The minimum Gasteiger partial charge on any atom is -0.311 e. The molecule has 4 nitrogen and oxygen atoms in total. The third kappa shape index (κ3) is 7.49. The summed E-state index contributed by atoms with van der Waals surface area (Å²) in [6.45, 7) is 10.6. The Labute approximate surface area is 98.5 Å². The van der Waals surface area contributed by atoms with E-state index in [1.807, 2.05) is 6.92 Å². The van der Waals surface area contributed by atoms with Crippen LogP contribution in [-0.2, 0) is 4.84 Å². The molecule has 0 amide bonds. The molecule has 0 radical (unpaired) electrons. The minimum atomic E-state index is -0.674. The van der Waals surface area contributed by atoms with E-state index in [1.165, 1.54) is 0 Å². The molecule has 0 bridgehead atoms. The van der Waals surface area contributed by atoms with Crippen LogP contribution < -0.4 is 0 Å². The summed E-state index contributed by atoms with van der Waals surface area (Å²) >= 11 is 0. The van der Waals surface area contributed by atoms with E-state index in [1.54, 1.807) is 0 Å². The van der Waals surface area contributed by atoms with Gasteiger partial charge in [-0.3, -0.25) is 0 Å². The van der Waals surface area contributed by atoms with E-state index in [0.29, 0.717) is 12.3 Å². The molecule has 0 aliphatic heterocycles. The van der Waals surface area contributed by atoms with Crippen LogP contribution in [-0.4, -0.2) is 11.2 Å². The molecule has 0 saturated heterocycles. The van der Waals surface area contributed by atoms with Gasteiger partial charge in [-0.1, -0.05) is 41.0 Å². The molecule has 0 spiro atoms. The van der Waals surface area contributed by atoms with Gasteiger partial charge < -0.3 is 4.84 Å². The number of rotatable bonds is 8. The lowest BCUT2D eigenvalue weighted by Crippen LogP contribution is -2.25. The SMILES string of the molecule is CCC(CC(C)(C)CCC(C)C)O[N+](=O)[O-]. The second-order valence-corrected chi connectivity index (χ2v) is 5.66. The first-order valence-corrected chi connectivity index (χ1v) is 6.08. The van der Waals surface area contributed by atoms with Crippen molar-refractivity contribution in [3.63, 3.8) is 0 Å². The van der Waals surface area contributed by atoms with Crippen LogP contribution in [0.5, 0.6) is 0 Å². The Morgan fingerprint density at radius 2 is 1.94 bits per heavy atom. The molecule has 16 heavy (non-hydrogen) atoms. The lowest BCUT2D eigenvalue weighted by molar-refractivity contribution is -0.769. The zero-order chi connectivity index (χ0) is 12.8. The van der Waals surface area contributed by atoms with Crippen molar-refractivity contribution in [3.8, 4) is 0 Å². The standard InChI is InChI=1S/C12H25NO3/c1-6-11(16-13(14)15)9-12(4,5)8-7-10(2)3/h10-11H,6-9H2,1-5H3. The van der Waals surface area contributed by atoms with E-state index in [-0.39, 0.29) is 11.5 Å². The van der Waals surface area contributed by atoms with Crippen LogP contribution in [0, 0.1) is 21.4 Å². The van der Waals surface area contributed by atoms with Gasteiger partial charge in [-0.2, -0.15) is 0 Å². The summed E-state index contributed by atoms with van der Waals surface area (Å²) in [7, 11) is 0. The average Bonchev–Trinajstić information content (AvgIpc) is 2.13. The Morgan fingerprint density at radius 1 is 1.38 bits per heavy atom. The van der Waals surface area contributed by atoms with Crippen molar-refractivity contribution in [2.45, 2.75) is 66.4 Å². The fourth-order valence-corrected chi connectivity index (χ4v) is 1.78. The maximum Gasteiger partial charge on any atom is 0.294 e. The van der Waals surface area contributed by atoms with Crippen molar-refractivity contribution < 1.29 is 9.92 Å². The van der Waals surface area contributed by atoms with Gasteiger partial charge in [-0.15, -0.1) is 10.1 Å². The van der Waals surface area contributed by atoms with Gasteiger partial charge in [0.1, 0.15) is 6.10 Å². The van der Waals surface area contributed by atoms with Gasteiger partial charge in [0, 0.05) is 0 Å². The lowest BCUT2D eigenvalue weighted by atomic mass is 9.80. The van der Waals surface area contributed by atoms with Crippen LogP contribution in [0.15, 0.2) is 0 Å². The molecular weight excluding hydrogens is 206 g/mol. The predicted molar refractivity (Wildman–Crippen MR) is 64.6 cm³/mol. The number of nitrogens with zero attached hydrogens (tertiary/aromatic N) is 1. The van der Waals surface area contributed by atoms with Crippen LogP contribution in [0.2, 0.25) is 0 Å². The first kappa shape index (κ1) is 15.2. The first-order chi connectivity index (χ1) is 7.26. The Hall–Kier alpha value is -0.800. The van der Waals surface area contributed by atoms with E-state index in [0.717, 1.165) is 19.3 Å². The Bertz CT molecular complexity index is 214. The van der Waals surface area contributed by atoms with Gasteiger partial charge in [-0.05, 0) is 30.6 Å². The molecule has 0 aliphatic rings. The van der Waals surface area contributed by atoms with Crippen LogP contribution in [0.1, 0.15) is 60.3 Å². The smallest absolute Gasteiger partial charge is 0.294 e. The molecule has 1 atom stereocenters. The zero-order valence-corrected chi connectivity index (χ0v) is 11.2.